The number of rotatable bonds is 5. The van der Waals surface area contributed by atoms with Crippen LogP contribution in [0.25, 0.3) is 0 Å². The highest BCUT2D eigenvalue weighted by atomic mass is 32.1. The normalized spacial score (nSPS) is 16.1. The average Bonchev–Trinajstić information content (AvgIpc) is 2.58. The van der Waals surface area contributed by atoms with E-state index in [0.29, 0.717) is 11.7 Å². The molecule has 0 aliphatic heterocycles. The van der Waals surface area contributed by atoms with E-state index in [1.807, 2.05) is 6.92 Å². The molecule has 1 aromatic rings. The molecule has 118 valence electrons. The predicted molar refractivity (Wildman–Crippen MR) is 98.4 cm³/mol. The molecular formula is C18H25N3S. The topological polar surface area (TPSA) is 36.4 Å². The summed E-state index contributed by atoms with van der Waals surface area (Å²) in [4.78, 5) is 0. The first-order valence-electron chi connectivity index (χ1n) is 8.00. The zero-order valence-electron chi connectivity index (χ0n) is 13.3. The Balaban J connectivity index is 1.93. The van der Waals surface area contributed by atoms with Crippen LogP contribution in [-0.2, 0) is 0 Å². The van der Waals surface area contributed by atoms with Crippen LogP contribution in [-0.4, -0.2) is 17.4 Å². The van der Waals surface area contributed by atoms with Gasteiger partial charge in [0.05, 0.1) is 5.71 Å². The van der Waals surface area contributed by atoms with Gasteiger partial charge in [0.25, 0.3) is 0 Å². The largest absolute Gasteiger partial charge is 0.358 e. The highest BCUT2D eigenvalue weighted by molar-refractivity contribution is 7.80. The molecule has 0 saturated heterocycles. The van der Waals surface area contributed by atoms with Crippen LogP contribution in [0.5, 0.6) is 0 Å². The maximum Gasteiger partial charge on any atom is 0.187 e. The summed E-state index contributed by atoms with van der Waals surface area (Å²) in [7, 11) is 0. The molecule has 1 aliphatic carbocycles. The van der Waals surface area contributed by atoms with Crippen LogP contribution in [0.15, 0.2) is 42.0 Å². The summed E-state index contributed by atoms with van der Waals surface area (Å²) in [6, 6.07) is 8.81. The van der Waals surface area contributed by atoms with Crippen LogP contribution in [0.3, 0.4) is 0 Å². The van der Waals surface area contributed by atoms with Gasteiger partial charge in [0.1, 0.15) is 0 Å². The van der Waals surface area contributed by atoms with Crippen molar-refractivity contribution in [3.05, 3.63) is 48.0 Å². The molecule has 0 aromatic heterocycles. The van der Waals surface area contributed by atoms with Gasteiger partial charge in [-0.1, -0.05) is 49.6 Å². The monoisotopic (exact) mass is 315 g/mol. The second kappa shape index (κ2) is 8.69. The van der Waals surface area contributed by atoms with Gasteiger partial charge < -0.3 is 5.32 Å². The van der Waals surface area contributed by atoms with Crippen LogP contribution < -0.4 is 10.7 Å². The summed E-state index contributed by atoms with van der Waals surface area (Å²) in [5.74, 6) is 0.744. The standard InChI is InChI=1S/C18H25N3S/c1-3-13-19-18(22)21-20-14(2)15-9-11-17(12-10-15)16-7-5-4-6-8-16/h3,9-12,16H,1,4-8,13H2,2H3,(H2,19,21,22). The minimum absolute atomic E-state index is 0.512. The zero-order chi connectivity index (χ0) is 15.8. The number of hydrogen-bond donors (Lipinski definition) is 2. The van der Waals surface area contributed by atoms with Gasteiger partial charge in [-0.15, -0.1) is 6.58 Å². The maximum absolute atomic E-state index is 5.12. The van der Waals surface area contributed by atoms with E-state index in [-0.39, 0.29) is 0 Å². The fraction of sp³-hybridized carbons (Fsp3) is 0.444. The van der Waals surface area contributed by atoms with Crippen molar-refractivity contribution in [3.8, 4) is 0 Å². The Morgan fingerprint density at radius 3 is 2.59 bits per heavy atom. The maximum atomic E-state index is 5.12. The molecular weight excluding hydrogens is 290 g/mol. The minimum atomic E-state index is 0.512. The van der Waals surface area contributed by atoms with Gasteiger partial charge in [-0.05, 0) is 49.0 Å². The van der Waals surface area contributed by atoms with E-state index in [4.69, 9.17) is 12.2 Å². The number of hydrazone groups is 1. The summed E-state index contributed by atoms with van der Waals surface area (Å²) < 4.78 is 0. The average molecular weight is 315 g/mol. The summed E-state index contributed by atoms with van der Waals surface area (Å²) in [5.41, 5.74) is 6.37. The lowest BCUT2D eigenvalue weighted by Gasteiger charge is -2.22. The molecule has 0 amide bonds. The molecule has 1 aromatic carbocycles. The molecule has 1 fully saturated rings. The lowest BCUT2D eigenvalue weighted by Crippen LogP contribution is -2.32. The van der Waals surface area contributed by atoms with Crippen molar-refractivity contribution in [2.75, 3.05) is 6.54 Å². The second-order valence-electron chi connectivity index (χ2n) is 5.76. The van der Waals surface area contributed by atoms with Crippen LogP contribution in [0.1, 0.15) is 56.1 Å². The van der Waals surface area contributed by atoms with E-state index in [1.54, 1.807) is 6.08 Å². The Morgan fingerprint density at radius 2 is 1.95 bits per heavy atom. The first-order chi connectivity index (χ1) is 10.7. The smallest absolute Gasteiger partial charge is 0.187 e. The van der Waals surface area contributed by atoms with Crippen molar-refractivity contribution in [2.24, 2.45) is 5.10 Å². The van der Waals surface area contributed by atoms with E-state index in [9.17, 15) is 0 Å². The molecule has 3 nitrogen and oxygen atoms in total. The summed E-state index contributed by atoms with van der Waals surface area (Å²) >= 11 is 5.12. The van der Waals surface area contributed by atoms with Crippen LogP contribution in [0.4, 0.5) is 0 Å². The van der Waals surface area contributed by atoms with E-state index in [1.165, 1.54) is 37.7 Å². The molecule has 1 aliphatic rings. The van der Waals surface area contributed by atoms with Crippen LogP contribution in [0.2, 0.25) is 0 Å². The fourth-order valence-corrected chi connectivity index (χ4v) is 2.96. The Bertz CT molecular complexity index is 528. The van der Waals surface area contributed by atoms with Crippen molar-refractivity contribution < 1.29 is 0 Å². The number of benzene rings is 1. The van der Waals surface area contributed by atoms with Gasteiger partial charge in [0, 0.05) is 6.54 Å². The minimum Gasteiger partial charge on any atom is -0.358 e. The summed E-state index contributed by atoms with van der Waals surface area (Å²) in [5, 5.41) is 7.82. The van der Waals surface area contributed by atoms with Crippen LogP contribution >= 0.6 is 12.2 Å². The highest BCUT2D eigenvalue weighted by Gasteiger charge is 2.15. The third-order valence-corrected chi connectivity index (χ3v) is 4.37. The van der Waals surface area contributed by atoms with Crippen molar-refractivity contribution in [1.29, 1.82) is 0 Å². The quantitative estimate of drug-likeness (QED) is 0.371. The van der Waals surface area contributed by atoms with E-state index in [0.717, 1.165) is 17.2 Å². The van der Waals surface area contributed by atoms with Crippen molar-refractivity contribution >= 4 is 23.0 Å². The number of thiocarbonyl (C=S) groups is 1. The molecule has 0 spiro atoms. The van der Waals surface area contributed by atoms with Crippen molar-refractivity contribution in [1.82, 2.24) is 10.7 Å². The molecule has 2 N–H and O–H groups in total. The van der Waals surface area contributed by atoms with Crippen molar-refractivity contribution in [3.63, 3.8) is 0 Å². The molecule has 0 bridgehead atoms. The second-order valence-corrected chi connectivity index (χ2v) is 6.17. The van der Waals surface area contributed by atoms with Gasteiger partial charge in [-0.2, -0.15) is 5.10 Å². The fourth-order valence-electron chi connectivity index (χ4n) is 2.84. The lowest BCUT2D eigenvalue weighted by atomic mass is 9.84. The van der Waals surface area contributed by atoms with E-state index in [2.05, 4.69) is 46.7 Å². The van der Waals surface area contributed by atoms with E-state index < -0.39 is 0 Å². The molecule has 0 radical (unpaired) electrons. The molecule has 0 atom stereocenters. The number of nitrogens with one attached hydrogen (secondary N) is 2. The van der Waals surface area contributed by atoms with Gasteiger partial charge in [0.15, 0.2) is 5.11 Å². The van der Waals surface area contributed by atoms with Gasteiger partial charge in [-0.25, -0.2) is 0 Å². The Labute approximate surface area is 138 Å². The summed E-state index contributed by atoms with van der Waals surface area (Å²) in [6.07, 6.45) is 8.55. The number of nitrogens with zero attached hydrogens (tertiary/aromatic N) is 1. The van der Waals surface area contributed by atoms with Crippen LogP contribution in [0, 0.1) is 0 Å². The molecule has 2 rings (SSSR count). The third kappa shape index (κ3) is 4.95. The Kier molecular flexibility index (Phi) is 6.59. The predicted octanol–water partition coefficient (Wildman–Crippen LogP) is 4.11. The van der Waals surface area contributed by atoms with Gasteiger partial charge in [-0.3, -0.25) is 5.43 Å². The van der Waals surface area contributed by atoms with Gasteiger partial charge in [0.2, 0.25) is 0 Å². The molecule has 1 saturated carbocycles. The molecule has 0 unspecified atom stereocenters. The lowest BCUT2D eigenvalue weighted by molar-refractivity contribution is 0.443. The first kappa shape index (κ1) is 16.7. The molecule has 4 heteroatoms. The SMILES string of the molecule is C=CCNC(=S)NN=C(C)c1ccc(C2CCCCC2)cc1. The molecule has 22 heavy (non-hydrogen) atoms. The van der Waals surface area contributed by atoms with E-state index >= 15 is 0 Å². The van der Waals surface area contributed by atoms with Crippen molar-refractivity contribution in [2.45, 2.75) is 44.9 Å². The van der Waals surface area contributed by atoms with Gasteiger partial charge >= 0.3 is 0 Å². The Hall–Kier alpha value is -1.68. The number of hydrogen-bond acceptors (Lipinski definition) is 2. The zero-order valence-corrected chi connectivity index (χ0v) is 14.1. The summed E-state index contributed by atoms with van der Waals surface area (Å²) in [6.45, 7) is 6.26. The first-order valence-corrected chi connectivity index (χ1v) is 8.41. The third-order valence-electron chi connectivity index (χ3n) is 4.14. The molecule has 0 heterocycles. The highest BCUT2D eigenvalue weighted by Crippen LogP contribution is 2.32. The Morgan fingerprint density at radius 1 is 1.27 bits per heavy atom.